The number of hydrogen-bond acceptors (Lipinski definition) is 7. The van der Waals surface area contributed by atoms with Crippen molar-refractivity contribution in [3.05, 3.63) is 42.0 Å². The minimum atomic E-state index is -3.69. The molecule has 12 heteroatoms. The molecule has 1 aliphatic rings. The van der Waals surface area contributed by atoms with Crippen LogP contribution in [0.25, 0.3) is 0 Å². The molecule has 1 fully saturated rings. The second-order valence-corrected chi connectivity index (χ2v) is 12.7. The van der Waals surface area contributed by atoms with Crippen molar-refractivity contribution < 1.29 is 31.1 Å². The molecule has 0 aliphatic carbocycles. The first-order valence-electron chi connectivity index (χ1n) is 11.6. The molecular formula is C24H33N3O7S2. The summed E-state index contributed by atoms with van der Waals surface area (Å²) in [4.78, 5) is 13.0. The maximum atomic E-state index is 13.1. The predicted molar refractivity (Wildman–Crippen MR) is 136 cm³/mol. The van der Waals surface area contributed by atoms with E-state index in [-0.39, 0.29) is 34.2 Å². The fourth-order valence-electron chi connectivity index (χ4n) is 3.98. The van der Waals surface area contributed by atoms with Crippen LogP contribution in [0.2, 0.25) is 0 Å². The smallest absolute Gasteiger partial charge is 0.243 e. The van der Waals surface area contributed by atoms with Crippen LogP contribution in [0.3, 0.4) is 0 Å². The largest absolute Gasteiger partial charge is 0.496 e. The second kappa shape index (κ2) is 11.6. The molecule has 0 bridgehead atoms. The molecule has 0 radical (unpaired) electrons. The first-order valence-corrected chi connectivity index (χ1v) is 14.5. The molecule has 10 nitrogen and oxygen atoms in total. The summed E-state index contributed by atoms with van der Waals surface area (Å²) in [5.74, 6) is 0.411. The molecule has 0 unspecified atom stereocenters. The van der Waals surface area contributed by atoms with Crippen LogP contribution < -0.4 is 14.8 Å². The van der Waals surface area contributed by atoms with Gasteiger partial charge in [0.15, 0.2) is 0 Å². The number of amides is 1. The highest BCUT2D eigenvalue weighted by molar-refractivity contribution is 7.89. The lowest BCUT2D eigenvalue weighted by atomic mass is 10.1. The first-order chi connectivity index (χ1) is 17.0. The highest BCUT2D eigenvalue weighted by Gasteiger charge is 2.27. The summed E-state index contributed by atoms with van der Waals surface area (Å²) in [5, 5.41) is 2.73. The molecule has 198 valence electrons. The third kappa shape index (κ3) is 6.17. The van der Waals surface area contributed by atoms with E-state index in [0.29, 0.717) is 30.2 Å². The molecule has 1 heterocycles. The van der Waals surface area contributed by atoms with E-state index in [1.54, 1.807) is 6.07 Å². The molecule has 1 N–H and O–H groups in total. The number of nitrogens with zero attached hydrogens (tertiary/aromatic N) is 2. The Morgan fingerprint density at radius 2 is 1.53 bits per heavy atom. The Morgan fingerprint density at radius 3 is 2.14 bits per heavy atom. The van der Waals surface area contributed by atoms with E-state index in [4.69, 9.17) is 9.47 Å². The fourth-order valence-corrected chi connectivity index (χ4v) is 6.48. The first kappa shape index (κ1) is 27.9. The van der Waals surface area contributed by atoms with Gasteiger partial charge in [0, 0.05) is 33.6 Å². The van der Waals surface area contributed by atoms with Gasteiger partial charge in [0.05, 0.1) is 29.7 Å². The third-order valence-corrected chi connectivity index (χ3v) is 9.76. The summed E-state index contributed by atoms with van der Waals surface area (Å²) >= 11 is 0. The second-order valence-electron chi connectivity index (χ2n) is 8.64. The van der Waals surface area contributed by atoms with E-state index in [0.717, 1.165) is 23.6 Å². The Balaban J connectivity index is 1.79. The Labute approximate surface area is 213 Å². The molecule has 3 rings (SSSR count). The quantitative estimate of drug-likeness (QED) is 0.493. The molecule has 1 aliphatic heterocycles. The standard InChI is InChI=1S/C24H33N3O7S2/c1-26(2)35(29,30)19-9-11-22(33-3)18(16-19)8-13-24(28)25-21-17-20(10-12-23(21)34-4)36(31,32)27-14-6-5-7-15-27/h9-12,16-17H,5-8,13-15H2,1-4H3,(H,25,28). The number of aryl methyl sites for hydroxylation is 1. The van der Waals surface area contributed by atoms with E-state index in [1.807, 2.05) is 0 Å². The SMILES string of the molecule is COc1ccc(S(=O)(=O)N(C)C)cc1CCC(=O)Nc1cc(S(=O)(=O)N2CCCCC2)ccc1OC. The lowest BCUT2D eigenvalue weighted by molar-refractivity contribution is -0.116. The fraction of sp³-hybridized carbons (Fsp3) is 0.458. The van der Waals surface area contributed by atoms with Crippen molar-refractivity contribution in [2.45, 2.75) is 41.9 Å². The van der Waals surface area contributed by atoms with Crippen molar-refractivity contribution in [3.63, 3.8) is 0 Å². The maximum Gasteiger partial charge on any atom is 0.243 e. The number of rotatable bonds is 10. The summed E-state index contributed by atoms with van der Waals surface area (Å²) < 4.78 is 64.4. The van der Waals surface area contributed by atoms with Gasteiger partial charge in [0.25, 0.3) is 0 Å². The number of piperidine rings is 1. The number of ether oxygens (including phenoxy) is 2. The van der Waals surface area contributed by atoms with E-state index in [9.17, 15) is 21.6 Å². The zero-order valence-electron chi connectivity index (χ0n) is 21.0. The maximum absolute atomic E-state index is 13.1. The van der Waals surface area contributed by atoms with Gasteiger partial charge in [-0.2, -0.15) is 4.31 Å². The Morgan fingerprint density at radius 1 is 0.917 bits per heavy atom. The number of hydrogen-bond donors (Lipinski definition) is 1. The lowest BCUT2D eigenvalue weighted by Gasteiger charge is -2.26. The van der Waals surface area contributed by atoms with Gasteiger partial charge in [-0.05, 0) is 61.2 Å². The van der Waals surface area contributed by atoms with Gasteiger partial charge in [-0.25, -0.2) is 21.1 Å². The van der Waals surface area contributed by atoms with Gasteiger partial charge in [-0.1, -0.05) is 6.42 Å². The summed E-state index contributed by atoms with van der Waals surface area (Å²) in [6.45, 7) is 0.945. The Hall–Kier alpha value is -2.67. The van der Waals surface area contributed by atoms with Crippen LogP contribution >= 0.6 is 0 Å². The molecule has 0 spiro atoms. The van der Waals surface area contributed by atoms with E-state index in [1.165, 1.54) is 63.0 Å². The normalized spacial score (nSPS) is 15.0. The predicted octanol–water partition coefficient (Wildman–Crippen LogP) is 2.70. The van der Waals surface area contributed by atoms with Crippen LogP contribution in [0.5, 0.6) is 11.5 Å². The van der Waals surface area contributed by atoms with Gasteiger partial charge in [0.2, 0.25) is 26.0 Å². The molecular weight excluding hydrogens is 506 g/mol. The van der Waals surface area contributed by atoms with Gasteiger partial charge in [0.1, 0.15) is 11.5 Å². The molecule has 0 atom stereocenters. The third-order valence-electron chi connectivity index (χ3n) is 6.05. The van der Waals surface area contributed by atoms with Gasteiger partial charge < -0.3 is 14.8 Å². The summed E-state index contributed by atoms with van der Waals surface area (Å²) in [7, 11) is -1.54. The Bertz CT molecular complexity index is 1300. The van der Waals surface area contributed by atoms with Crippen molar-refractivity contribution in [1.29, 1.82) is 0 Å². The van der Waals surface area contributed by atoms with Crippen LogP contribution in [0.1, 0.15) is 31.2 Å². The summed E-state index contributed by atoms with van der Waals surface area (Å²) in [5.41, 5.74) is 0.806. The van der Waals surface area contributed by atoms with E-state index >= 15 is 0 Å². The van der Waals surface area contributed by atoms with Crippen LogP contribution in [0, 0.1) is 0 Å². The zero-order chi connectivity index (χ0) is 26.5. The van der Waals surface area contributed by atoms with Crippen molar-refractivity contribution in [1.82, 2.24) is 8.61 Å². The van der Waals surface area contributed by atoms with Crippen LogP contribution in [0.4, 0.5) is 5.69 Å². The van der Waals surface area contributed by atoms with Crippen molar-refractivity contribution in [2.24, 2.45) is 0 Å². The van der Waals surface area contributed by atoms with Crippen LogP contribution in [0.15, 0.2) is 46.2 Å². The molecule has 1 saturated heterocycles. The van der Waals surface area contributed by atoms with Gasteiger partial charge >= 0.3 is 0 Å². The summed E-state index contributed by atoms with van der Waals surface area (Å²) in [6, 6.07) is 8.91. The minimum Gasteiger partial charge on any atom is -0.496 e. The number of carbonyl (C=O) groups is 1. The number of anilines is 1. The molecule has 1 amide bonds. The minimum absolute atomic E-state index is 0.00802. The Kier molecular flexibility index (Phi) is 8.98. The number of sulfonamides is 2. The van der Waals surface area contributed by atoms with Crippen molar-refractivity contribution in [3.8, 4) is 11.5 Å². The number of carbonyl (C=O) groups excluding carboxylic acids is 1. The number of benzene rings is 2. The van der Waals surface area contributed by atoms with E-state index in [2.05, 4.69) is 5.32 Å². The topological polar surface area (TPSA) is 122 Å². The van der Waals surface area contributed by atoms with Gasteiger partial charge in [-0.3, -0.25) is 4.79 Å². The van der Waals surface area contributed by atoms with Crippen molar-refractivity contribution in [2.75, 3.05) is 46.7 Å². The number of methoxy groups -OCH3 is 2. The molecule has 36 heavy (non-hydrogen) atoms. The monoisotopic (exact) mass is 539 g/mol. The highest BCUT2D eigenvalue weighted by Crippen LogP contribution is 2.31. The lowest BCUT2D eigenvalue weighted by Crippen LogP contribution is -2.35. The molecule has 0 aromatic heterocycles. The van der Waals surface area contributed by atoms with Crippen molar-refractivity contribution >= 4 is 31.6 Å². The molecule has 2 aromatic rings. The number of nitrogens with one attached hydrogen (secondary N) is 1. The van der Waals surface area contributed by atoms with Gasteiger partial charge in [-0.15, -0.1) is 0 Å². The highest BCUT2D eigenvalue weighted by atomic mass is 32.2. The molecule has 0 saturated carbocycles. The van der Waals surface area contributed by atoms with Crippen LogP contribution in [-0.4, -0.2) is 72.8 Å². The zero-order valence-corrected chi connectivity index (χ0v) is 22.6. The van der Waals surface area contributed by atoms with E-state index < -0.39 is 20.0 Å². The summed E-state index contributed by atoms with van der Waals surface area (Å²) in [6.07, 6.45) is 2.86. The van der Waals surface area contributed by atoms with Crippen LogP contribution in [-0.2, 0) is 31.3 Å². The molecule has 2 aromatic carbocycles. The average molecular weight is 540 g/mol. The average Bonchev–Trinajstić information content (AvgIpc) is 2.87.